The fraction of sp³-hybridized carbons (Fsp3) is 0.500. The molecule has 1 unspecified atom stereocenters. The zero-order valence-electron chi connectivity index (χ0n) is 12.5. The van der Waals surface area contributed by atoms with Crippen molar-refractivity contribution in [3.05, 3.63) is 34.9 Å². The summed E-state index contributed by atoms with van der Waals surface area (Å²) in [5.74, 6) is -0.748. The minimum Gasteiger partial charge on any atom is -0.379 e. The SMILES string of the molecule is NC(=O)c1cccc2c1C(=O)NC2CCCN1CCOCC1. The van der Waals surface area contributed by atoms with Crippen molar-refractivity contribution in [2.75, 3.05) is 32.8 Å². The van der Waals surface area contributed by atoms with Crippen molar-refractivity contribution in [1.29, 1.82) is 0 Å². The summed E-state index contributed by atoms with van der Waals surface area (Å²) >= 11 is 0. The third kappa shape index (κ3) is 2.98. The number of benzene rings is 1. The van der Waals surface area contributed by atoms with Gasteiger partial charge in [0.25, 0.3) is 5.91 Å². The summed E-state index contributed by atoms with van der Waals surface area (Å²) in [7, 11) is 0. The van der Waals surface area contributed by atoms with Crippen LogP contribution in [0, 0.1) is 0 Å². The quantitative estimate of drug-likeness (QED) is 0.838. The van der Waals surface area contributed by atoms with Crippen LogP contribution >= 0.6 is 0 Å². The molecule has 3 rings (SSSR count). The van der Waals surface area contributed by atoms with Crippen LogP contribution in [0.25, 0.3) is 0 Å². The summed E-state index contributed by atoms with van der Waals surface area (Å²) in [5, 5.41) is 2.96. The van der Waals surface area contributed by atoms with Gasteiger partial charge in [-0.3, -0.25) is 14.5 Å². The molecule has 0 aliphatic carbocycles. The molecule has 118 valence electrons. The molecule has 6 nitrogen and oxygen atoms in total. The molecule has 1 atom stereocenters. The average molecular weight is 303 g/mol. The van der Waals surface area contributed by atoms with Crippen molar-refractivity contribution in [3.8, 4) is 0 Å². The van der Waals surface area contributed by atoms with Crippen molar-refractivity contribution in [2.45, 2.75) is 18.9 Å². The van der Waals surface area contributed by atoms with Crippen LogP contribution < -0.4 is 11.1 Å². The Kier molecular flexibility index (Phi) is 4.40. The van der Waals surface area contributed by atoms with E-state index in [4.69, 9.17) is 10.5 Å². The molecule has 0 aromatic heterocycles. The van der Waals surface area contributed by atoms with E-state index in [9.17, 15) is 9.59 Å². The number of fused-ring (bicyclic) bond motifs is 1. The lowest BCUT2D eigenvalue weighted by Gasteiger charge is -2.26. The Morgan fingerprint density at radius 3 is 2.86 bits per heavy atom. The Morgan fingerprint density at radius 2 is 2.14 bits per heavy atom. The van der Waals surface area contributed by atoms with Crippen LogP contribution in [-0.4, -0.2) is 49.6 Å². The van der Waals surface area contributed by atoms with E-state index in [1.807, 2.05) is 6.07 Å². The minimum absolute atomic E-state index is 0.0251. The number of nitrogens with one attached hydrogen (secondary N) is 1. The van der Waals surface area contributed by atoms with Crippen molar-refractivity contribution in [3.63, 3.8) is 0 Å². The fourth-order valence-corrected chi connectivity index (χ4v) is 3.20. The van der Waals surface area contributed by atoms with Crippen LogP contribution in [0.15, 0.2) is 18.2 Å². The highest BCUT2D eigenvalue weighted by atomic mass is 16.5. The molecule has 6 heteroatoms. The monoisotopic (exact) mass is 303 g/mol. The van der Waals surface area contributed by atoms with E-state index in [0.29, 0.717) is 11.1 Å². The zero-order valence-corrected chi connectivity index (χ0v) is 12.5. The first-order valence-corrected chi connectivity index (χ1v) is 7.70. The molecule has 22 heavy (non-hydrogen) atoms. The van der Waals surface area contributed by atoms with E-state index in [-0.39, 0.29) is 11.9 Å². The van der Waals surface area contributed by atoms with Gasteiger partial charge in [0, 0.05) is 13.1 Å². The second-order valence-corrected chi connectivity index (χ2v) is 5.76. The molecular formula is C16H21N3O3. The summed E-state index contributed by atoms with van der Waals surface area (Å²) in [6, 6.07) is 5.27. The Balaban J connectivity index is 1.64. The number of rotatable bonds is 5. The van der Waals surface area contributed by atoms with Crippen LogP contribution in [0.5, 0.6) is 0 Å². The van der Waals surface area contributed by atoms with Crippen molar-refractivity contribution >= 4 is 11.8 Å². The number of amides is 2. The number of morpholine rings is 1. The smallest absolute Gasteiger partial charge is 0.252 e. The van der Waals surface area contributed by atoms with Crippen LogP contribution in [0.3, 0.4) is 0 Å². The van der Waals surface area contributed by atoms with E-state index in [0.717, 1.165) is 51.3 Å². The molecule has 1 aromatic carbocycles. The highest BCUT2D eigenvalue weighted by molar-refractivity contribution is 6.09. The lowest BCUT2D eigenvalue weighted by Crippen LogP contribution is -2.37. The fourth-order valence-electron chi connectivity index (χ4n) is 3.20. The van der Waals surface area contributed by atoms with Gasteiger partial charge in [0.15, 0.2) is 0 Å². The van der Waals surface area contributed by atoms with E-state index < -0.39 is 5.91 Å². The molecule has 3 N–H and O–H groups in total. The van der Waals surface area contributed by atoms with Crippen molar-refractivity contribution < 1.29 is 14.3 Å². The summed E-state index contributed by atoms with van der Waals surface area (Å²) in [4.78, 5) is 26.0. The number of nitrogens with zero attached hydrogens (tertiary/aromatic N) is 1. The Labute approximate surface area is 129 Å². The molecule has 2 amide bonds. The maximum Gasteiger partial charge on any atom is 0.252 e. The number of hydrogen-bond acceptors (Lipinski definition) is 4. The van der Waals surface area contributed by atoms with Gasteiger partial charge in [-0.25, -0.2) is 0 Å². The Hall–Kier alpha value is -1.92. The molecule has 2 aliphatic heterocycles. The number of hydrogen-bond donors (Lipinski definition) is 2. The normalized spacial score (nSPS) is 21.5. The maximum atomic E-state index is 12.1. The zero-order chi connectivity index (χ0) is 15.5. The summed E-state index contributed by atoms with van der Waals surface area (Å²) in [6.07, 6.45) is 1.85. The molecule has 1 saturated heterocycles. The first-order chi connectivity index (χ1) is 10.7. The highest BCUT2D eigenvalue weighted by Crippen LogP contribution is 2.30. The highest BCUT2D eigenvalue weighted by Gasteiger charge is 2.31. The van der Waals surface area contributed by atoms with Crippen LogP contribution in [0.2, 0.25) is 0 Å². The number of nitrogens with two attached hydrogens (primary N) is 1. The van der Waals surface area contributed by atoms with Crippen LogP contribution in [-0.2, 0) is 4.74 Å². The van der Waals surface area contributed by atoms with E-state index in [1.54, 1.807) is 12.1 Å². The lowest BCUT2D eigenvalue weighted by atomic mass is 9.97. The molecule has 0 radical (unpaired) electrons. The van der Waals surface area contributed by atoms with Gasteiger partial charge >= 0.3 is 0 Å². The second-order valence-electron chi connectivity index (χ2n) is 5.76. The third-order valence-corrected chi connectivity index (χ3v) is 4.34. The molecule has 1 aromatic rings. The molecule has 0 bridgehead atoms. The Morgan fingerprint density at radius 1 is 1.36 bits per heavy atom. The number of primary amides is 1. The van der Waals surface area contributed by atoms with Gasteiger partial charge in [-0.05, 0) is 31.0 Å². The van der Waals surface area contributed by atoms with Crippen LogP contribution in [0.1, 0.15) is 45.2 Å². The largest absolute Gasteiger partial charge is 0.379 e. The first kappa shape index (κ1) is 15.0. The molecule has 2 aliphatic rings. The standard InChI is InChI=1S/C16H21N3O3/c17-15(20)12-4-1-3-11-13(18-16(21)14(11)12)5-2-6-19-7-9-22-10-8-19/h1,3-4,13H,2,5-10H2,(H2,17,20)(H,18,21). The van der Waals surface area contributed by atoms with Crippen LogP contribution in [0.4, 0.5) is 0 Å². The average Bonchev–Trinajstić information content (AvgIpc) is 2.85. The third-order valence-electron chi connectivity index (χ3n) is 4.34. The van der Waals surface area contributed by atoms with E-state index >= 15 is 0 Å². The molecule has 0 saturated carbocycles. The topological polar surface area (TPSA) is 84.7 Å². The molecule has 0 spiro atoms. The van der Waals surface area contributed by atoms with Gasteiger partial charge in [0.2, 0.25) is 5.91 Å². The molecular weight excluding hydrogens is 282 g/mol. The number of carbonyl (C=O) groups is 2. The predicted molar refractivity (Wildman–Crippen MR) is 81.7 cm³/mol. The first-order valence-electron chi connectivity index (χ1n) is 7.70. The van der Waals surface area contributed by atoms with Gasteiger partial charge in [-0.15, -0.1) is 0 Å². The number of ether oxygens (including phenoxy) is 1. The summed E-state index contributed by atoms with van der Waals surface area (Å²) in [5.41, 5.74) is 7.01. The van der Waals surface area contributed by atoms with E-state index in [2.05, 4.69) is 10.2 Å². The minimum atomic E-state index is -0.555. The van der Waals surface area contributed by atoms with Crippen molar-refractivity contribution in [2.24, 2.45) is 5.73 Å². The van der Waals surface area contributed by atoms with Gasteiger partial charge in [-0.1, -0.05) is 12.1 Å². The van der Waals surface area contributed by atoms with Gasteiger partial charge in [-0.2, -0.15) is 0 Å². The maximum absolute atomic E-state index is 12.1. The lowest BCUT2D eigenvalue weighted by molar-refractivity contribution is 0.0369. The van der Waals surface area contributed by atoms with Gasteiger partial charge in [0.1, 0.15) is 0 Å². The Bertz CT molecular complexity index is 582. The molecule has 1 fully saturated rings. The summed E-state index contributed by atoms with van der Waals surface area (Å²) < 4.78 is 5.33. The molecule has 2 heterocycles. The summed E-state index contributed by atoms with van der Waals surface area (Å²) in [6.45, 7) is 4.54. The number of carbonyl (C=O) groups excluding carboxylic acids is 2. The predicted octanol–water partition coefficient (Wildman–Crippen LogP) is 0.682. The van der Waals surface area contributed by atoms with E-state index in [1.165, 1.54) is 0 Å². The van der Waals surface area contributed by atoms with Gasteiger partial charge < -0.3 is 15.8 Å². The van der Waals surface area contributed by atoms with Crippen molar-refractivity contribution in [1.82, 2.24) is 10.2 Å². The second kappa shape index (κ2) is 6.46. The van der Waals surface area contributed by atoms with Gasteiger partial charge in [0.05, 0.1) is 30.4 Å².